The number of hydrogen-bond donors (Lipinski definition) is 0. The Morgan fingerprint density at radius 3 is 1.70 bits per heavy atom. The maximum absolute atomic E-state index is 2.65. The SMILES string of the molecule is CCN(CC)c1ccc2c(c1)[CH]([Zr+2](=[C](c1ccccc1)c1ccccc1)[CH]1C=CC=C1)c1cc(C(C)(C)C)ccc1-2.[Cl-].[Cl-]. The second-order valence-corrected chi connectivity index (χ2v) is 18.8. The molecule has 0 N–H and O–H groups in total. The first-order chi connectivity index (χ1) is 19.9. The van der Waals surface area contributed by atoms with Gasteiger partial charge in [0.05, 0.1) is 0 Å². The van der Waals surface area contributed by atoms with E-state index in [1.165, 1.54) is 33.5 Å². The van der Waals surface area contributed by atoms with Gasteiger partial charge in [-0.25, -0.2) is 0 Å². The molecule has 2 aliphatic carbocycles. The molecule has 0 radical (unpaired) electrons. The fourth-order valence-corrected chi connectivity index (χ4v) is 16.0. The predicted octanol–water partition coefficient (Wildman–Crippen LogP) is 3.71. The fraction of sp³-hybridized carbons (Fsp3) is 0.256. The van der Waals surface area contributed by atoms with E-state index in [0.717, 1.165) is 13.1 Å². The normalized spacial score (nSPS) is 14.7. The Balaban J connectivity index is 0.00000212. The summed E-state index contributed by atoms with van der Waals surface area (Å²) in [6, 6.07) is 37.3. The summed E-state index contributed by atoms with van der Waals surface area (Å²) >= 11 is -2.65. The van der Waals surface area contributed by atoms with Crippen molar-refractivity contribution >= 4 is 8.89 Å². The molecule has 6 rings (SSSR count). The molecule has 1 nitrogen and oxygen atoms in total. The average molecular weight is 686 g/mol. The smallest absolute Gasteiger partial charge is 1.00 e. The van der Waals surface area contributed by atoms with E-state index in [2.05, 4.69) is 161 Å². The molecular weight excluding hydrogens is 645 g/mol. The molecule has 0 spiro atoms. The standard InChI is InChI=1S/C21H26N.C13H10.C5H5.2ClH.Zr/c1-6-22(7-2)18-9-11-20-16(14-18)12-15-13-17(21(3,4)5)8-10-19(15)20;1-3-7-12(8-4-1)11-13-9-5-2-6-10-13;1-2-4-5-3-1;;;/h8-14H,6-7H2,1-5H3;1-10H;1-5H;2*1H;/q;;;;;+2/p-2. The Labute approximate surface area is 278 Å². The summed E-state index contributed by atoms with van der Waals surface area (Å²) in [6.07, 6.45) is 9.57. The fourth-order valence-electron chi connectivity index (χ4n) is 6.69. The summed E-state index contributed by atoms with van der Waals surface area (Å²) in [5.74, 6) is 0. The molecule has 1 unspecified atom stereocenters. The van der Waals surface area contributed by atoms with Crippen molar-refractivity contribution in [3.05, 3.63) is 149 Å². The molecule has 220 valence electrons. The van der Waals surface area contributed by atoms with E-state index in [-0.39, 0.29) is 30.2 Å². The van der Waals surface area contributed by atoms with Gasteiger partial charge in [0.2, 0.25) is 0 Å². The van der Waals surface area contributed by atoms with E-state index in [4.69, 9.17) is 0 Å². The van der Waals surface area contributed by atoms with E-state index < -0.39 is 21.3 Å². The van der Waals surface area contributed by atoms with Gasteiger partial charge in [-0.2, -0.15) is 0 Å². The summed E-state index contributed by atoms with van der Waals surface area (Å²) < 4.78 is 2.54. The summed E-state index contributed by atoms with van der Waals surface area (Å²) in [7, 11) is 0. The molecule has 0 saturated heterocycles. The van der Waals surface area contributed by atoms with Crippen LogP contribution in [-0.4, -0.2) is 16.3 Å². The van der Waals surface area contributed by atoms with Crippen molar-refractivity contribution in [1.29, 1.82) is 0 Å². The third-order valence-electron chi connectivity index (χ3n) is 8.83. The van der Waals surface area contributed by atoms with Crippen molar-refractivity contribution in [3.63, 3.8) is 0 Å². The first kappa shape index (κ1) is 33.4. The second-order valence-electron chi connectivity index (χ2n) is 12.3. The van der Waals surface area contributed by atoms with Crippen LogP contribution < -0.4 is 29.7 Å². The number of fused-ring (bicyclic) bond motifs is 3. The largest absolute Gasteiger partial charge is 1.00 e. The molecule has 0 amide bonds. The zero-order valence-electron chi connectivity index (χ0n) is 25.8. The Bertz CT molecular complexity index is 1590. The molecule has 0 fully saturated rings. The zero-order valence-corrected chi connectivity index (χ0v) is 29.8. The Kier molecular flexibility index (Phi) is 10.9. The Morgan fingerprint density at radius 2 is 1.19 bits per heavy atom. The van der Waals surface area contributed by atoms with Gasteiger partial charge in [-0.05, 0) is 0 Å². The molecular formula is C39H41Cl2NZr. The number of benzene rings is 4. The minimum Gasteiger partial charge on any atom is -1.00 e. The van der Waals surface area contributed by atoms with Crippen LogP contribution in [0.5, 0.6) is 0 Å². The molecule has 0 heterocycles. The van der Waals surface area contributed by atoms with Crippen LogP contribution in [-0.2, 0) is 26.7 Å². The molecule has 0 bridgehead atoms. The van der Waals surface area contributed by atoms with Gasteiger partial charge in [0.1, 0.15) is 0 Å². The second kappa shape index (κ2) is 14.1. The molecule has 4 aromatic rings. The summed E-state index contributed by atoms with van der Waals surface area (Å²) in [4.78, 5) is 2.50. The third kappa shape index (κ3) is 6.49. The van der Waals surface area contributed by atoms with E-state index >= 15 is 0 Å². The third-order valence-corrected chi connectivity index (χ3v) is 17.4. The van der Waals surface area contributed by atoms with Crippen molar-refractivity contribution < 1.29 is 46.1 Å². The summed E-state index contributed by atoms with van der Waals surface area (Å²) in [6.45, 7) is 13.6. The van der Waals surface area contributed by atoms with Crippen molar-refractivity contribution in [2.75, 3.05) is 18.0 Å². The van der Waals surface area contributed by atoms with E-state index in [1.54, 1.807) is 14.3 Å². The average Bonchev–Trinajstić information content (AvgIpc) is 3.63. The maximum Gasteiger partial charge on any atom is -1.00 e. The van der Waals surface area contributed by atoms with Crippen LogP contribution in [0.2, 0.25) is 3.63 Å². The number of rotatable bonds is 7. The van der Waals surface area contributed by atoms with Crippen LogP contribution in [0.25, 0.3) is 11.1 Å². The topological polar surface area (TPSA) is 3.24 Å². The molecule has 4 heteroatoms. The molecule has 1 atom stereocenters. The zero-order chi connectivity index (χ0) is 28.6. The number of nitrogens with zero attached hydrogens (tertiary/aromatic N) is 1. The van der Waals surface area contributed by atoms with Crippen molar-refractivity contribution in [2.45, 2.75) is 47.3 Å². The molecule has 0 saturated carbocycles. The van der Waals surface area contributed by atoms with Gasteiger partial charge in [0.15, 0.2) is 0 Å². The van der Waals surface area contributed by atoms with E-state index in [0.29, 0.717) is 7.25 Å². The van der Waals surface area contributed by atoms with Crippen LogP contribution in [0.4, 0.5) is 5.69 Å². The van der Waals surface area contributed by atoms with Gasteiger partial charge < -0.3 is 24.8 Å². The minimum absolute atomic E-state index is 0. The Hall–Kier alpha value is -2.51. The van der Waals surface area contributed by atoms with Crippen molar-refractivity contribution in [2.24, 2.45) is 0 Å². The molecule has 0 aromatic heterocycles. The molecule has 2 aliphatic rings. The van der Waals surface area contributed by atoms with Crippen molar-refractivity contribution in [3.8, 4) is 11.1 Å². The number of halogens is 2. The van der Waals surface area contributed by atoms with Gasteiger partial charge in [0, 0.05) is 0 Å². The number of allylic oxidation sites excluding steroid dienone is 4. The van der Waals surface area contributed by atoms with Gasteiger partial charge in [-0.3, -0.25) is 0 Å². The van der Waals surface area contributed by atoms with Crippen LogP contribution in [0.3, 0.4) is 0 Å². The summed E-state index contributed by atoms with van der Waals surface area (Å²) in [5, 5.41) is 0. The molecule has 43 heavy (non-hydrogen) atoms. The van der Waals surface area contributed by atoms with Crippen LogP contribution in [0.1, 0.15) is 66.1 Å². The van der Waals surface area contributed by atoms with Crippen LogP contribution in [0.15, 0.2) is 121 Å². The van der Waals surface area contributed by atoms with E-state index in [1.807, 2.05) is 0 Å². The van der Waals surface area contributed by atoms with Crippen LogP contribution in [0, 0.1) is 0 Å². The van der Waals surface area contributed by atoms with Gasteiger partial charge in [-0.15, -0.1) is 0 Å². The maximum atomic E-state index is 2.58. The minimum atomic E-state index is -2.65. The quantitative estimate of drug-likeness (QED) is 0.287. The first-order valence-electron chi connectivity index (χ1n) is 15.1. The summed E-state index contributed by atoms with van der Waals surface area (Å²) in [5.41, 5.74) is 11.6. The van der Waals surface area contributed by atoms with Gasteiger partial charge in [0.25, 0.3) is 0 Å². The van der Waals surface area contributed by atoms with Crippen molar-refractivity contribution in [1.82, 2.24) is 0 Å². The number of anilines is 1. The first-order valence-corrected chi connectivity index (χ1v) is 19.2. The monoisotopic (exact) mass is 683 g/mol. The van der Waals surface area contributed by atoms with Gasteiger partial charge in [-0.1, -0.05) is 0 Å². The molecule has 4 aromatic carbocycles. The van der Waals surface area contributed by atoms with Gasteiger partial charge >= 0.3 is 256 Å². The Morgan fingerprint density at radius 1 is 0.674 bits per heavy atom. The number of hydrogen-bond acceptors (Lipinski definition) is 1. The van der Waals surface area contributed by atoms with Crippen LogP contribution >= 0.6 is 0 Å². The van der Waals surface area contributed by atoms with E-state index in [9.17, 15) is 0 Å². The molecule has 0 aliphatic heterocycles. The predicted molar refractivity (Wildman–Crippen MR) is 174 cm³/mol.